The number of carbonyl (C=O) groups excluding carboxylic acids is 1. The van der Waals surface area contributed by atoms with Crippen molar-refractivity contribution in [1.82, 2.24) is 30.0 Å². The molecule has 9 nitrogen and oxygen atoms in total. The van der Waals surface area contributed by atoms with Crippen molar-refractivity contribution in [3.8, 4) is 17.1 Å². The third-order valence-corrected chi connectivity index (χ3v) is 9.42. The molecule has 45 heavy (non-hydrogen) atoms. The van der Waals surface area contributed by atoms with E-state index in [1.165, 1.54) is 6.08 Å². The average Bonchev–Trinajstić information content (AvgIpc) is 3.64. The fourth-order valence-corrected chi connectivity index (χ4v) is 7.11. The van der Waals surface area contributed by atoms with E-state index in [2.05, 4.69) is 47.1 Å². The highest BCUT2D eigenvalue weighted by atomic mass is 35.5. The van der Waals surface area contributed by atoms with Gasteiger partial charge in [0.2, 0.25) is 5.91 Å². The summed E-state index contributed by atoms with van der Waals surface area (Å²) in [6.45, 7) is 20.0. The van der Waals surface area contributed by atoms with E-state index in [9.17, 15) is 4.79 Å². The van der Waals surface area contributed by atoms with Gasteiger partial charge in [0.15, 0.2) is 5.82 Å². The Morgan fingerprint density at radius 2 is 2.04 bits per heavy atom. The molecule has 2 aromatic heterocycles. The molecule has 2 atom stereocenters. The number of nitrogens with zero attached hydrogens (tertiary/aromatic N) is 6. The van der Waals surface area contributed by atoms with Crippen LogP contribution >= 0.6 is 11.6 Å². The number of aryl methyl sites for hydroxylation is 2. The molecule has 0 radical (unpaired) electrons. The molecule has 0 saturated carbocycles. The molecule has 0 aliphatic carbocycles. The van der Waals surface area contributed by atoms with Crippen LogP contribution in [0.15, 0.2) is 43.1 Å². The second-order valence-electron chi connectivity index (χ2n) is 12.4. The summed E-state index contributed by atoms with van der Waals surface area (Å²) in [5.41, 5.74) is 4.03. The lowest BCUT2D eigenvalue weighted by Crippen LogP contribution is -2.52. The van der Waals surface area contributed by atoms with Gasteiger partial charge in [0.25, 0.3) is 0 Å². The van der Waals surface area contributed by atoms with Gasteiger partial charge in [0.05, 0.1) is 17.1 Å². The fourth-order valence-electron chi connectivity index (χ4n) is 6.82. The number of fused-ring (bicyclic) bond motifs is 2. The molecule has 236 valence electrons. The number of halogens is 2. The monoisotopic (exact) mass is 631 g/mol. The first kappa shape index (κ1) is 31.0. The number of nitrogens with one attached hydrogen (secondary N) is 1. The van der Waals surface area contributed by atoms with Gasteiger partial charge in [-0.15, -0.1) is 0 Å². The Morgan fingerprint density at radius 1 is 1.27 bits per heavy atom. The Kier molecular flexibility index (Phi) is 8.30. The number of carbonyl (C=O) groups is 1. The second kappa shape index (κ2) is 12.1. The molecule has 2 aliphatic rings. The first-order valence-corrected chi connectivity index (χ1v) is 15.8. The molecular formula is C34H39ClFN7O2. The van der Waals surface area contributed by atoms with E-state index in [1.54, 1.807) is 11.0 Å². The van der Waals surface area contributed by atoms with E-state index in [0.717, 1.165) is 41.5 Å². The number of likely N-dealkylation sites (tertiary alicyclic amines) is 1. The number of rotatable bonds is 7. The fraction of sp³-hybridized carbons (Fsp3) is 0.412. The lowest BCUT2D eigenvalue weighted by Gasteiger charge is -2.41. The minimum absolute atomic E-state index is 0.0945. The quantitative estimate of drug-likeness (QED) is 0.231. The summed E-state index contributed by atoms with van der Waals surface area (Å²) < 4.78 is 23.3. The summed E-state index contributed by atoms with van der Waals surface area (Å²) in [5.74, 6) is -0.297. The highest BCUT2D eigenvalue weighted by Crippen LogP contribution is 2.43. The van der Waals surface area contributed by atoms with Crippen molar-refractivity contribution >= 4 is 45.1 Å². The Bertz CT molecular complexity index is 1840. The van der Waals surface area contributed by atoms with E-state index >= 15 is 4.39 Å². The maximum absolute atomic E-state index is 17.0. The molecule has 2 fully saturated rings. The molecule has 4 aromatic rings. The number of ether oxygens (including phenoxy) is 1. The Labute approximate surface area is 267 Å². The van der Waals surface area contributed by atoms with Crippen LogP contribution in [-0.2, 0) is 4.79 Å². The molecule has 1 amide bonds. The standard InChI is InChI=1S/C34H39ClFN7O2/c1-8-27(44)42-15-21(6)43(16-20(42)5)33-24-14-25(35)30(28-19(4)11-12-26-29(28)22(7)39-40-26)31(36)32(24)37-34(38-33)45-17-23-10-9-13-41(23)18(2)3/h8,11-12,14,18,21,23H,1,5,9-10,13,15-17H2,2-4,6-7H3,(H,39,40)/t21-,23-/m0/s1. The molecule has 4 heterocycles. The number of hydrogen-bond acceptors (Lipinski definition) is 7. The molecule has 0 unspecified atom stereocenters. The lowest BCUT2D eigenvalue weighted by molar-refractivity contribution is -0.124. The molecule has 2 saturated heterocycles. The third kappa shape index (κ3) is 5.44. The summed E-state index contributed by atoms with van der Waals surface area (Å²) in [6, 6.07) is 6.07. The Balaban J connectivity index is 1.51. The van der Waals surface area contributed by atoms with Gasteiger partial charge in [-0.1, -0.05) is 30.8 Å². The van der Waals surface area contributed by atoms with Crippen LogP contribution in [0, 0.1) is 19.7 Å². The Morgan fingerprint density at radius 3 is 2.78 bits per heavy atom. The van der Waals surface area contributed by atoms with Crippen molar-refractivity contribution in [2.45, 2.75) is 65.6 Å². The largest absolute Gasteiger partial charge is 0.462 e. The normalized spacial score (nSPS) is 19.3. The van der Waals surface area contributed by atoms with Gasteiger partial charge in [0, 0.05) is 58.0 Å². The van der Waals surface area contributed by atoms with Crippen LogP contribution in [-0.4, -0.2) is 80.2 Å². The van der Waals surface area contributed by atoms with Crippen LogP contribution in [0.5, 0.6) is 6.01 Å². The average molecular weight is 632 g/mol. The zero-order chi connectivity index (χ0) is 32.2. The van der Waals surface area contributed by atoms with Gasteiger partial charge in [-0.3, -0.25) is 14.8 Å². The molecule has 6 rings (SSSR count). The topological polar surface area (TPSA) is 90.5 Å². The third-order valence-electron chi connectivity index (χ3n) is 9.12. The lowest BCUT2D eigenvalue weighted by atomic mass is 9.94. The van der Waals surface area contributed by atoms with Crippen molar-refractivity contribution in [3.63, 3.8) is 0 Å². The minimum atomic E-state index is -0.557. The molecule has 0 spiro atoms. The van der Waals surface area contributed by atoms with Crippen molar-refractivity contribution in [3.05, 3.63) is 65.2 Å². The van der Waals surface area contributed by atoms with Crippen LogP contribution in [0.3, 0.4) is 0 Å². The maximum atomic E-state index is 17.0. The zero-order valence-electron chi connectivity index (χ0n) is 26.5. The number of piperazine rings is 1. The number of aromatic amines is 1. The van der Waals surface area contributed by atoms with Gasteiger partial charge < -0.3 is 14.5 Å². The first-order valence-electron chi connectivity index (χ1n) is 15.4. The molecule has 0 bridgehead atoms. The van der Waals surface area contributed by atoms with Gasteiger partial charge in [-0.25, -0.2) is 4.39 Å². The van der Waals surface area contributed by atoms with Crippen molar-refractivity contribution in [1.29, 1.82) is 0 Å². The van der Waals surface area contributed by atoms with E-state index in [1.807, 2.05) is 37.8 Å². The van der Waals surface area contributed by atoms with E-state index in [0.29, 0.717) is 48.2 Å². The predicted molar refractivity (Wildman–Crippen MR) is 177 cm³/mol. The van der Waals surface area contributed by atoms with Crippen LogP contribution in [0.4, 0.5) is 10.2 Å². The van der Waals surface area contributed by atoms with Crippen molar-refractivity contribution in [2.24, 2.45) is 0 Å². The summed E-state index contributed by atoms with van der Waals surface area (Å²) in [4.78, 5) is 28.1. The second-order valence-corrected chi connectivity index (χ2v) is 12.8. The molecule has 11 heteroatoms. The number of aromatic nitrogens is 4. The smallest absolute Gasteiger partial charge is 0.319 e. The van der Waals surface area contributed by atoms with Gasteiger partial charge in [-0.2, -0.15) is 15.1 Å². The molecular weight excluding hydrogens is 593 g/mol. The number of hydrogen-bond donors (Lipinski definition) is 1. The predicted octanol–water partition coefficient (Wildman–Crippen LogP) is 6.57. The summed E-state index contributed by atoms with van der Waals surface area (Å²) in [6.07, 6.45) is 3.39. The van der Waals surface area contributed by atoms with Gasteiger partial charge >= 0.3 is 6.01 Å². The van der Waals surface area contributed by atoms with Gasteiger partial charge in [0.1, 0.15) is 17.9 Å². The van der Waals surface area contributed by atoms with E-state index in [-0.39, 0.29) is 40.1 Å². The zero-order valence-corrected chi connectivity index (χ0v) is 27.2. The molecule has 1 N–H and O–H groups in total. The Hall–Kier alpha value is -4.02. The number of H-pyrrole nitrogens is 1. The summed E-state index contributed by atoms with van der Waals surface area (Å²) in [7, 11) is 0. The maximum Gasteiger partial charge on any atom is 0.319 e. The van der Waals surface area contributed by atoms with Crippen molar-refractivity contribution < 1.29 is 13.9 Å². The highest BCUT2D eigenvalue weighted by Gasteiger charge is 2.33. The number of anilines is 1. The minimum Gasteiger partial charge on any atom is -0.462 e. The summed E-state index contributed by atoms with van der Waals surface area (Å²) >= 11 is 6.96. The number of benzene rings is 2. The highest BCUT2D eigenvalue weighted by molar-refractivity contribution is 6.35. The SMILES string of the molecule is C=CC(=O)N1C[C@H](C)N(c2nc(OC[C@@H]3CCCN3C(C)C)nc3c(F)c(-c4c(C)ccc5n[nH]c(C)c45)c(Cl)cc23)CC1=C. The van der Waals surface area contributed by atoms with Crippen molar-refractivity contribution in [2.75, 3.05) is 31.1 Å². The molecule has 2 aliphatic heterocycles. The van der Waals surface area contributed by atoms with Gasteiger partial charge in [-0.05, 0) is 77.8 Å². The first-order chi connectivity index (χ1) is 21.5. The van der Waals surface area contributed by atoms with Crippen LogP contribution in [0.2, 0.25) is 5.02 Å². The van der Waals surface area contributed by atoms with Crippen LogP contribution in [0.25, 0.3) is 32.9 Å². The van der Waals surface area contributed by atoms with Crippen LogP contribution in [0.1, 0.15) is 44.9 Å². The molecule has 2 aromatic carbocycles. The van der Waals surface area contributed by atoms with E-state index < -0.39 is 5.82 Å². The number of amides is 1. The van der Waals surface area contributed by atoms with E-state index in [4.69, 9.17) is 21.3 Å². The summed E-state index contributed by atoms with van der Waals surface area (Å²) in [5, 5.41) is 8.90. The van der Waals surface area contributed by atoms with Crippen LogP contribution < -0.4 is 9.64 Å².